The van der Waals surface area contributed by atoms with Crippen molar-refractivity contribution in [3.8, 4) is 0 Å². The van der Waals surface area contributed by atoms with E-state index >= 15 is 0 Å². The van der Waals surface area contributed by atoms with Crippen LogP contribution in [0.3, 0.4) is 0 Å². The van der Waals surface area contributed by atoms with Crippen molar-refractivity contribution < 1.29 is 19.4 Å². The third-order valence-corrected chi connectivity index (χ3v) is 1.31. The zero-order valence-electron chi connectivity index (χ0n) is 7.32. The van der Waals surface area contributed by atoms with Gasteiger partial charge in [-0.25, -0.2) is 0 Å². The first-order valence-electron chi connectivity index (χ1n) is 3.64. The fourth-order valence-electron chi connectivity index (χ4n) is 0.619. The number of hydrogen-bond acceptors (Lipinski definition) is 5. The predicted octanol–water partition coefficient (Wildman–Crippen LogP) is -1.12. The summed E-state index contributed by atoms with van der Waals surface area (Å²) in [6, 6.07) is -0.589. The van der Waals surface area contributed by atoms with Crippen molar-refractivity contribution in [2.45, 2.75) is 19.1 Å². The van der Waals surface area contributed by atoms with Crippen LogP contribution >= 0.6 is 0 Å². The Morgan fingerprint density at radius 3 is 2.58 bits per heavy atom. The van der Waals surface area contributed by atoms with Gasteiger partial charge in [-0.15, -0.1) is 0 Å². The topological polar surface area (TPSA) is 81.8 Å². The molecule has 0 rings (SSSR count). The number of carbonyl (C=O) groups is 1. The third kappa shape index (κ3) is 5.06. The average molecular weight is 177 g/mol. The summed E-state index contributed by atoms with van der Waals surface area (Å²) in [5, 5.41) is 9.19. The molecule has 0 unspecified atom stereocenters. The Labute approximate surface area is 71.5 Å². The summed E-state index contributed by atoms with van der Waals surface area (Å²) < 4.78 is 9.25. The van der Waals surface area contributed by atoms with E-state index in [1.807, 2.05) is 0 Å². The van der Waals surface area contributed by atoms with E-state index in [0.717, 1.165) is 0 Å². The monoisotopic (exact) mass is 177 g/mol. The highest BCUT2D eigenvalue weighted by molar-refractivity contribution is 5.65. The lowest BCUT2D eigenvalue weighted by Crippen LogP contribution is -2.41. The molecule has 2 atom stereocenters. The molecule has 0 aromatic carbocycles. The minimum atomic E-state index is -0.797. The van der Waals surface area contributed by atoms with E-state index in [9.17, 15) is 9.90 Å². The Morgan fingerprint density at radius 2 is 2.17 bits per heavy atom. The normalized spacial score (nSPS) is 15.3. The van der Waals surface area contributed by atoms with E-state index in [-0.39, 0.29) is 13.2 Å². The minimum absolute atomic E-state index is 0.0137. The maximum absolute atomic E-state index is 10.3. The smallest absolute Gasteiger partial charge is 0.302 e. The number of aliphatic hydroxyl groups is 1. The molecule has 0 aliphatic rings. The molecule has 0 saturated carbocycles. The van der Waals surface area contributed by atoms with E-state index in [4.69, 9.17) is 5.73 Å². The molecule has 0 bridgehead atoms. The summed E-state index contributed by atoms with van der Waals surface area (Å²) in [4.78, 5) is 10.3. The molecule has 0 heterocycles. The molecule has 0 aromatic heterocycles. The molecule has 12 heavy (non-hydrogen) atoms. The number of hydrogen-bond donors (Lipinski definition) is 2. The second kappa shape index (κ2) is 5.93. The van der Waals surface area contributed by atoms with Crippen LogP contribution in [-0.2, 0) is 14.3 Å². The van der Waals surface area contributed by atoms with Crippen LogP contribution in [0, 0.1) is 0 Å². The average Bonchev–Trinajstić information content (AvgIpc) is 2.00. The zero-order chi connectivity index (χ0) is 9.56. The molecule has 0 amide bonds. The second-order valence-corrected chi connectivity index (χ2v) is 2.49. The SMILES string of the molecule is COC[C@H](O)[C@H](N)COC(C)=O. The molecule has 0 radical (unpaired) electrons. The van der Waals surface area contributed by atoms with Gasteiger partial charge in [0.05, 0.1) is 18.8 Å². The molecular formula is C7H15NO4. The van der Waals surface area contributed by atoms with E-state index in [2.05, 4.69) is 9.47 Å². The molecule has 3 N–H and O–H groups in total. The van der Waals surface area contributed by atoms with Crippen LogP contribution in [-0.4, -0.2) is 43.5 Å². The number of nitrogens with two attached hydrogens (primary N) is 1. The minimum Gasteiger partial charge on any atom is -0.464 e. The first kappa shape index (κ1) is 11.4. The molecular weight excluding hydrogens is 162 g/mol. The number of methoxy groups -OCH3 is 1. The number of rotatable bonds is 5. The Kier molecular flexibility index (Phi) is 5.61. The van der Waals surface area contributed by atoms with Crippen LogP contribution in [0.1, 0.15) is 6.92 Å². The predicted molar refractivity (Wildman–Crippen MR) is 42.5 cm³/mol. The van der Waals surface area contributed by atoms with Gasteiger partial charge >= 0.3 is 5.97 Å². The van der Waals surface area contributed by atoms with Crippen LogP contribution < -0.4 is 5.73 Å². The third-order valence-electron chi connectivity index (χ3n) is 1.31. The number of esters is 1. The van der Waals surface area contributed by atoms with Crippen molar-refractivity contribution in [3.63, 3.8) is 0 Å². The fraction of sp³-hybridized carbons (Fsp3) is 0.857. The Balaban J connectivity index is 3.55. The van der Waals surface area contributed by atoms with E-state index in [1.54, 1.807) is 0 Å². The van der Waals surface area contributed by atoms with Gasteiger partial charge in [0.15, 0.2) is 0 Å². The lowest BCUT2D eigenvalue weighted by molar-refractivity contribution is -0.142. The Morgan fingerprint density at radius 1 is 1.58 bits per heavy atom. The first-order chi connectivity index (χ1) is 5.57. The molecule has 0 aliphatic heterocycles. The van der Waals surface area contributed by atoms with Gasteiger partial charge in [-0.3, -0.25) is 4.79 Å². The lowest BCUT2D eigenvalue weighted by Gasteiger charge is -2.17. The number of ether oxygens (including phenoxy) is 2. The van der Waals surface area contributed by atoms with Crippen molar-refractivity contribution in [3.05, 3.63) is 0 Å². The summed E-state index contributed by atoms with van der Waals surface area (Å²) in [5.41, 5.74) is 5.44. The van der Waals surface area contributed by atoms with Gasteiger partial charge in [0, 0.05) is 14.0 Å². The quantitative estimate of drug-likeness (QED) is 0.520. The Bertz CT molecular complexity index is 139. The number of aliphatic hydroxyl groups excluding tert-OH is 1. The van der Waals surface area contributed by atoms with Crippen molar-refractivity contribution in [2.24, 2.45) is 5.73 Å². The summed E-state index contributed by atoms with van der Waals surface area (Å²) >= 11 is 0. The van der Waals surface area contributed by atoms with Crippen molar-refractivity contribution in [2.75, 3.05) is 20.3 Å². The summed E-state index contributed by atoms with van der Waals surface area (Å²) in [6.07, 6.45) is -0.797. The van der Waals surface area contributed by atoms with Gasteiger partial charge in [0.1, 0.15) is 6.61 Å². The maximum atomic E-state index is 10.3. The highest BCUT2D eigenvalue weighted by Gasteiger charge is 2.15. The molecule has 72 valence electrons. The van der Waals surface area contributed by atoms with Gasteiger partial charge in [0.25, 0.3) is 0 Å². The standard InChI is InChI=1S/C7H15NO4/c1-5(9)12-3-6(8)7(10)4-11-2/h6-7,10H,3-4,8H2,1-2H3/t6-,7+/m1/s1. The molecule has 5 heteroatoms. The summed E-state index contributed by atoms with van der Waals surface area (Å²) in [5.74, 6) is -0.407. The van der Waals surface area contributed by atoms with E-state index in [0.29, 0.717) is 0 Å². The van der Waals surface area contributed by atoms with E-state index < -0.39 is 18.1 Å². The van der Waals surface area contributed by atoms with Crippen LogP contribution in [0.25, 0.3) is 0 Å². The van der Waals surface area contributed by atoms with E-state index in [1.165, 1.54) is 14.0 Å². The van der Waals surface area contributed by atoms with Crippen LogP contribution in [0.4, 0.5) is 0 Å². The zero-order valence-corrected chi connectivity index (χ0v) is 7.32. The summed E-state index contributed by atoms with van der Waals surface area (Å²) in [7, 11) is 1.46. The molecule has 0 fully saturated rings. The fourth-order valence-corrected chi connectivity index (χ4v) is 0.619. The van der Waals surface area contributed by atoms with Gasteiger partial charge < -0.3 is 20.3 Å². The van der Waals surface area contributed by atoms with Crippen molar-refractivity contribution in [1.82, 2.24) is 0 Å². The van der Waals surface area contributed by atoms with Crippen molar-refractivity contribution in [1.29, 1.82) is 0 Å². The van der Waals surface area contributed by atoms with Gasteiger partial charge in [-0.05, 0) is 0 Å². The van der Waals surface area contributed by atoms with Crippen LogP contribution in [0.5, 0.6) is 0 Å². The maximum Gasteiger partial charge on any atom is 0.302 e. The van der Waals surface area contributed by atoms with Gasteiger partial charge in [-0.2, -0.15) is 0 Å². The molecule has 0 aliphatic carbocycles. The molecule has 0 aromatic rings. The first-order valence-corrected chi connectivity index (χ1v) is 3.64. The Hall–Kier alpha value is -0.650. The molecule has 0 saturated heterocycles. The van der Waals surface area contributed by atoms with Crippen LogP contribution in [0.2, 0.25) is 0 Å². The summed E-state index contributed by atoms with van der Waals surface area (Å²) in [6.45, 7) is 1.44. The van der Waals surface area contributed by atoms with Gasteiger partial charge in [-0.1, -0.05) is 0 Å². The molecule has 0 spiro atoms. The highest BCUT2D eigenvalue weighted by atomic mass is 16.5. The highest BCUT2D eigenvalue weighted by Crippen LogP contribution is 1.92. The largest absolute Gasteiger partial charge is 0.464 e. The van der Waals surface area contributed by atoms with Gasteiger partial charge in [0.2, 0.25) is 0 Å². The molecule has 5 nitrogen and oxygen atoms in total. The van der Waals surface area contributed by atoms with Crippen LogP contribution in [0.15, 0.2) is 0 Å². The van der Waals surface area contributed by atoms with Crippen molar-refractivity contribution >= 4 is 5.97 Å². The lowest BCUT2D eigenvalue weighted by atomic mass is 10.2. The number of carbonyl (C=O) groups excluding carboxylic acids is 1. The second-order valence-electron chi connectivity index (χ2n) is 2.49.